The molecule has 60 valence electrons. The highest BCUT2D eigenvalue weighted by atomic mass is 15.1. The minimum atomic E-state index is 0.743. The molecule has 2 nitrogen and oxygen atoms in total. The van der Waals surface area contributed by atoms with Crippen LogP contribution in [0.4, 0.5) is 0 Å². The zero-order chi connectivity index (χ0) is 7.56. The maximum atomic E-state index is 3.29. The summed E-state index contributed by atoms with van der Waals surface area (Å²) in [6, 6.07) is 0.743. The number of rotatable bonds is 3. The van der Waals surface area contributed by atoms with Gasteiger partial charge in [0, 0.05) is 6.04 Å². The Morgan fingerprint density at radius 2 is 2.10 bits per heavy atom. The Morgan fingerprint density at radius 1 is 1.50 bits per heavy atom. The molecule has 0 aliphatic carbocycles. The molecule has 1 fully saturated rings. The molecule has 0 radical (unpaired) electrons. The first-order valence-electron chi connectivity index (χ1n) is 4.07. The van der Waals surface area contributed by atoms with Crippen LogP contribution in [-0.2, 0) is 0 Å². The molecule has 1 atom stereocenters. The van der Waals surface area contributed by atoms with Crippen molar-refractivity contribution in [2.75, 3.05) is 27.2 Å². The average molecular weight is 142 g/mol. The van der Waals surface area contributed by atoms with Gasteiger partial charge in [0.05, 0.1) is 0 Å². The fraction of sp³-hybridized carbons (Fsp3) is 1.00. The quantitative estimate of drug-likeness (QED) is 0.619. The third-order valence-corrected chi connectivity index (χ3v) is 2.42. The number of nitrogens with one attached hydrogen (secondary N) is 1. The molecule has 10 heavy (non-hydrogen) atoms. The summed E-state index contributed by atoms with van der Waals surface area (Å²) in [5.41, 5.74) is 0. The van der Waals surface area contributed by atoms with Crippen molar-refractivity contribution in [2.24, 2.45) is 5.92 Å². The predicted molar refractivity (Wildman–Crippen MR) is 44.1 cm³/mol. The Kier molecular flexibility index (Phi) is 2.69. The van der Waals surface area contributed by atoms with Crippen LogP contribution in [0.25, 0.3) is 0 Å². The number of hydrogen-bond acceptors (Lipinski definition) is 2. The van der Waals surface area contributed by atoms with Gasteiger partial charge in [0.1, 0.15) is 0 Å². The fourth-order valence-corrected chi connectivity index (χ4v) is 1.21. The minimum absolute atomic E-state index is 0.743. The zero-order valence-electron chi connectivity index (χ0n) is 7.22. The monoisotopic (exact) mass is 142 g/mol. The van der Waals surface area contributed by atoms with Gasteiger partial charge in [-0.05, 0) is 46.4 Å². The maximum Gasteiger partial charge on any atom is 0.00644 e. The van der Waals surface area contributed by atoms with E-state index in [-0.39, 0.29) is 0 Å². The third-order valence-electron chi connectivity index (χ3n) is 2.42. The SMILES string of the molecule is CC(CC1CNC1)N(C)C. The lowest BCUT2D eigenvalue weighted by atomic mass is 9.95. The fourth-order valence-electron chi connectivity index (χ4n) is 1.21. The first-order chi connectivity index (χ1) is 4.70. The molecule has 0 aromatic rings. The van der Waals surface area contributed by atoms with E-state index in [4.69, 9.17) is 0 Å². The molecule has 1 heterocycles. The van der Waals surface area contributed by atoms with Crippen molar-refractivity contribution >= 4 is 0 Å². The molecule has 0 aromatic carbocycles. The van der Waals surface area contributed by atoms with Gasteiger partial charge in [-0.25, -0.2) is 0 Å². The summed E-state index contributed by atoms with van der Waals surface area (Å²) in [4.78, 5) is 2.29. The van der Waals surface area contributed by atoms with Crippen LogP contribution in [0.1, 0.15) is 13.3 Å². The number of nitrogens with zero attached hydrogens (tertiary/aromatic N) is 1. The van der Waals surface area contributed by atoms with Gasteiger partial charge < -0.3 is 10.2 Å². The smallest absolute Gasteiger partial charge is 0.00644 e. The average Bonchev–Trinajstić information content (AvgIpc) is 1.77. The summed E-state index contributed by atoms with van der Waals surface area (Å²) in [5, 5.41) is 3.29. The first kappa shape index (κ1) is 8.02. The van der Waals surface area contributed by atoms with Crippen molar-refractivity contribution in [3.05, 3.63) is 0 Å². The zero-order valence-corrected chi connectivity index (χ0v) is 7.22. The van der Waals surface area contributed by atoms with Gasteiger partial charge in [0.25, 0.3) is 0 Å². The molecule has 1 rings (SSSR count). The molecule has 0 aromatic heterocycles. The van der Waals surface area contributed by atoms with E-state index in [2.05, 4.69) is 31.2 Å². The maximum absolute atomic E-state index is 3.29. The summed E-state index contributed by atoms with van der Waals surface area (Å²) in [6.07, 6.45) is 1.35. The van der Waals surface area contributed by atoms with Crippen LogP contribution in [0.15, 0.2) is 0 Å². The molecule has 1 N–H and O–H groups in total. The van der Waals surface area contributed by atoms with Gasteiger partial charge in [0.15, 0.2) is 0 Å². The van der Waals surface area contributed by atoms with Gasteiger partial charge in [-0.2, -0.15) is 0 Å². The molecule has 0 amide bonds. The number of hydrogen-bond donors (Lipinski definition) is 1. The van der Waals surface area contributed by atoms with E-state index in [1.54, 1.807) is 0 Å². The van der Waals surface area contributed by atoms with E-state index in [0.29, 0.717) is 0 Å². The van der Waals surface area contributed by atoms with Crippen LogP contribution in [0.2, 0.25) is 0 Å². The van der Waals surface area contributed by atoms with Gasteiger partial charge >= 0.3 is 0 Å². The molecular formula is C8H18N2. The molecule has 0 bridgehead atoms. The van der Waals surface area contributed by atoms with E-state index in [0.717, 1.165) is 12.0 Å². The standard InChI is InChI=1S/C8H18N2/c1-7(10(2)3)4-8-5-9-6-8/h7-9H,4-6H2,1-3H3. The van der Waals surface area contributed by atoms with Crippen molar-refractivity contribution in [1.82, 2.24) is 10.2 Å². The van der Waals surface area contributed by atoms with Crippen LogP contribution < -0.4 is 5.32 Å². The second kappa shape index (κ2) is 3.35. The van der Waals surface area contributed by atoms with Crippen molar-refractivity contribution in [3.63, 3.8) is 0 Å². The first-order valence-corrected chi connectivity index (χ1v) is 4.07. The van der Waals surface area contributed by atoms with E-state index >= 15 is 0 Å². The Bertz CT molecular complexity index is 97.4. The second-order valence-corrected chi connectivity index (χ2v) is 3.57. The summed E-state index contributed by atoms with van der Waals surface area (Å²) >= 11 is 0. The lowest BCUT2D eigenvalue weighted by Crippen LogP contribution is -2.44. The summed E-state index contributed by atoms with van der Waals surface area (Å²) in [5.74, 6) is 0.942. The highest BCUT2D eigenvalue weighted by Gasteiger charge is 2.19. The van der Waals surface area contributed by atoms with Crippen LogP contribution in [0.5, 0.6) is 0 Å². The summed E-state index contributed by atoms with van der Waals surface area (Å²) in [7, 11) is 4.30. The van der Waals surface area contributed by atoms with Crippen molar-refractivity contribution in [1.29, 1.82) is 0 Å². The van der Waals surface area contributed by atoms with Gasteiger partial charge in [-0.1, -0.05) is 0 Å². The van der Waals surface area contributed by atoms with Gasteiger partial charge in [-0.15, -0.1) is 0 Å². The Balaban J connectivity index is 2.10. The van der Waals surface area contributed by atoms with Crippen LogP contribution in [0.3, 0.4) is 0 Å². The van der Waals surface area contributed by atoms with Crippen LogP contribution in [-0.4, -0.2) is 38.1 Å². The van der Waals surface area contributed by atoms with Crippen LogP contribution in [0, 0.1) is 5.92 Å². The molecule has 2 heteroatoms. The summed E-state index contributed by atoms with van der Waals surface area (Å²) < 4.78 is 0. The van der Waals surface area contributed by atoms with E-state index in [1.807, 2.05) is 0 Å². The van der Waals surface area contributed by atoms with Gasteiger partial charge in [-0.3, -0.25) is 0 Å². The molecular weight excluding hydrogens is 124 g/mol. The molecule has 1 aliphatic heterocycles. The highest BCUT2D eigenvalue weighted by Crippen LogP contribution is 2.13. The van der Waals surface area contributed by atoms with E-state index in [1.165, 1.54) is 19.5 Å². The molecule has 0 spiro atoms. The Hall–Kier alpha value is -0.0800. The third kappa shape index (κ3) is 1.96. The normalized spacial score (nSPS) is 22.8. The lowest BCUT2D eigenvalue weighted by Gasteiger charge is -2.31. The minimum Gasteiger partial charge on any atom is -0.316 e. The summed E-state index contributed by atoms with van der Waals surface area (Å²) in [6.45, 7) is 4.76. The predicted octanol–water partition coefficient (Wildman–Crippen LogP) is 0.546. The highest BCUT2D eigenvalue weighted by molar-refractivity contribution is 4.78. The molecule has 1 unspecified atom stereocenters. The molecule has 1 aliphatic rings. The lowest BCUT2D eigenvalue weighted by molar-refractivity contribution is 0.222. The van der Waals surface area contributed by atoms with Crippen molar-refractivity contribution in [2.45, 2.75) is 19.4 Å². The van der Waals surface area contributed by atoms with Crippen molar-refractivity contribution in [3.8, 4) is 0 Å². The van der Waals surface area contributed by atoms with Gasteiger partial charge in [0.2, 0.25) is 0 Å². The molecule has 1 saturated heterocycles. The van der Waals surface area contributed by atoms with E-state index < -0.39 is 0 Å². The van der Waals surface area contributed by atoms with E-state index in [9.17, 15) is 0 Å². The van der Waals surface area contributed by atoms with Crippen LogP contribution >= 0.6 is 0 Å². The van der Waals surface area contributed by atoms with Crippen molar-refractivity contribution < 1.29 is 0 Å². The Labute approximate surface area is 63.6 Å². The Morgan fingerprint density at radius 3 is 2.40 bits per heavy atom. The topological polar surface area (TPSA) is 15.3 Å². The molecule has 0 saturated carbocycles. The second-order valence-electron chi connectivity index (χ2n) is 3.57. The largest absolute Gasteiger partial charge is 0.316 e.